The molecule has 0 saturated heterocycles. The number of pyridine rings is 1. The first-order valence-corrected chi connectivity index (χ1v) is 6.47. The van der Waals surface area contributed by atoms with Crippen LogP contribution in [0.25, 0.3) is 5.82 Å². The summed E-state index contributed by atoms with van der Waals surface area (Å²) in [6, 6.07) is 5.92. The fourth-order valence-corrected chi connectivity index (χ4v) is 2.00. The number of rotatable bonds is 5. The predicted molar refractivity (Wildman–Crippen MR) is 75.2 cm³/mol. The Hall–Kier alpha value is -2.47. The van der Waals surface area contributed by atoms with Gasteiger partial charge in [0.2, 0.25) is 0 Å². The normalized spacial score (nSPS) is 10.8. The molecule has 20 heavy (non-hydrogen) atoms. The third-order valence-electron chi connectivity index (χ3n) is 3.13. The molecule has 0 amide bonds. The van der Waals surface area contributed by atoms with E-state index in [1.165, 1.54) is 11.1 Å². The number of aromatic amines is 1. The van der Waals surface area contributed by atoms with E-state index in [2.05, 4.69) is 25.6 Å². The van der Waals surface area contributed by atoms with Gasteiger partial charge in [-0.2, -0.15) is 10.2 Å². The number of aryl methyl sites for hydroxylation is 1. The summed E-state index contributed by atoms with van der Waals surface area (Å²) >= 11 is 0. The summed E-state index contributed by atoms with van der Waals surface area (Å²) in [4.78, 5) is 4.31. The number of aromatic nitrogens is 5. The molecule has 3 rings (SSSR count). The van der Waals surface area contributed by atoms with Crippen LogP contribution in [-0.2, 0) is 13.1 Å². The molecule has 0 unspecified atom stereocenters. The minimum Gasteiger partial charge on any atom is -0.308 e. The van der Waals surface area contributed by atoms with Crippen LogP contribution in [0.3, 0.4) is 0 Å². The molecule has 0 aromatic carbocycles. The number of hydrogen-bond donors (Lipinski definition) is 2. The second-order valence-corrected chi connectivity index (χ2v) is 4.60. The van der Waals surface area contributed by atoms with E-state index in [0.717, 1.165) is 24.6 Å². The van der Waals surface area contributed by atoms with Gasteiger partial charge < -0.3 is 5.32 Å². The highest BCUT2D eigenvalue weighted by Gasteiger charge is 2.02. The molecule has 0 aliphatic carbocycles. The van der Waals surface area contributed by atoms with Gasteiger partial charge in [-0.25, -0.2) is 9.67 Å². The molecule has 3 heterocycles. The van der Waals surface area contributed by atoms with E-state index in [0.29, 0.717) is 0 Å². The van der Waals surface area contributed by atoms with E-state index in [9.17, 15) is 0 Å². The Morgan fingerprint density at radius 2 is 2.25 bits per heavy atom. The summed E-state index contributed by atoms with van der Waals surface area (Å²) in [5, 5.41) is 14.5. The molecule has 0 aliphatic rings. The van der Waals surface area contributed by atoms with Crippen molar-refractivity contribution >= 4 is 0 Å². The summed E-state index contributed by atoms with van der Waals surface area (Å²) in [5.74, 6) is 0.828. The Labute approximate surface area is 116 Å². The van der Waals surface area contributed by atoms with Gasteiger partial charge in [-0.05, 0) is 30.7 Å². The number of hydrogen-bond acceptors (Lipinski definition) is 4. The number of nitrogens with one attached hydrogen (secondary N) is 2. The predicted octanol–water partition coefficient (Wildman–Crippen LogP) is 1.59. The maximum Gasteiger partial charge on any atom is 0.153 e. The summed E-state index contributed by atoms with van der Waals surface area (Å²) in [6.07, 6.45) is 7.28. The van der Waals surface area contributed by atoms with Crippen molar-refractivity contribution in [2.45, 2.75) is 20.0 Å². The van der Waals surface area contributed by atoms with Crippen molar-refractivity contribution in [1.29, 1.82) is 0 Å². The average molecular weight is 268 g/mol. The Balaban J connectivity index is 1.63. The van der Waals surface area contributed by atoms with Gasteiger partial charge in [0.1, 0.15) is 0 Å². The summed E-state index contributed by atoms with van der Waals surface area (Å²) in [7, 11) is 0. The lowest BCUT2D eigenvalue weighted by molar-refractivity contribution is 0.688. The molecule has 6 heteroatoms. The smallest absolute Gasteiger partial charge is 0.153 e. The van der Waals surface area contributed by atoms with Crippen LogP contribution in [0.15, 0.2) is 43.0 Å². The fraction of sp³-hybridized carbons (Fsp3) is 0.214. The highest BCUT2D eigenvalue weighted by atomic mass is 15.3. The molecule has 0 spiro atoms. The molecule has 0 radical (unpaired) electrons. The maximum absolute atomic E-state index is 4.31. The largest absolute Gasteiger partial charge is 0.308 e. The zero-order valence-corrected chi connectivity index (χ0v) is 11.2. The molecule has 102 valence electrons. The van der Waals surface area contributed by atoms with Gasteiger partial charge in [0, 0.05) is 42.9 Å². The molecule has 0 aliphatic heterocycles. The average Bonchev–Trinajstić information content (AvgIpc) is 3.12. The maximum atomic E-state index is 4.31. The topological polar surface area (TPSA) is 71.4 Å². The van der Waals surface area contributed by atoms with Crippen molar-refractivity contribution in [2.75, 3.05) is 0 Å². The summed E-state index contributed by atoms with van der Waals surface area (Å²) in [6.45, 7) is 3.59. The van der Waals surface area contributed by atoms with Crippen LogP contribution in [0.4, 0.5) is 0 Å². The van der Waals surface area contributed by atoms with Gasteiger partial charge in [0.05, 0.1) is 6.20 Å². The molecular formula is C14H16N6. The molecule has 0 fully saturated rings. The Kier molecular flexibility index (Phi) is 3.56. The van der Waals surface area contributed by atoms with Gasteiger partial charge in [-0.3, -0.25) is 5.10 Å². The lowest BCUT2D eigenvalue weighted by Gasteiger charge is -2.06. The number of nitrogens with zero attached hydrogens (tertiary/aromatic N) is 4. The van der Waals surface area contributed by atoms with Crippen LogP contribution < -0.4 is 5.32 Å². The quantitative estimate of drug-likeness (QED) is 0.737. The monoisotopic (exact) mass is 268 g/mol. The van der Waals surface area contributed by atoms with Crippen LogP contribution >= 0.6 is 0 Å². The minimum absolute atomic E-state index is 0.779. The second-order valence-electron chi connectivity index (χ2n) is 4.60. The Morgan fingerprint density at radius 1 is 1.30 bits per heavy atom. The van der Waals surface area contributed by atoms with Gasteiger partial charge >= 0.3 is 0 Å². The lowest BCUT2D eigenvalue weighted by Crippen LogP contribution is -2.13. The molecule has 0 atom stereocenters. The summed E-state index contributed by atoms with van der Waals surface area (Å²) in [5.41, 5.74) is 3.46. The second kappa shape index (κ2) is 5.66. The van der Waals surface area contributed by atoms with Crippen LogP contribution in [0.5, 0.6) is 0 Å². The zero-order valence-electron chi connectivity index (χ0n) is 11.2. The molecular weight excluding hydrogens is 252 g/mol. The third kappa shape index (κ3) is 2.75. The molecule has 2 N–H and O–H groups in total. The Bertz CT molecular complexity index is 671. The van der Waals surface area contributed by atoms with Gasteiger partial charge in [0.15, 0.2) is 5.82 Å². The van der Waals surface area contributed by atoms with Crippen molar-refractivity contribution in [3.63, 3.8) is 0 Å². The standard InChI is InChI=1S/C14H16N6/c1-11-13(10-17-19-11)9-15-8-12-3-5-16-14(7-12)20-6-2-4-18-20/h2-7,10,15H,8-9H2,1H3,(H,17,19). The van der Waals surface area contributed by atoms with Gasteiger partial charge in [-0.15, -0.1) is 0 Å². The molecule has 6 nitrogen and oxygen atoms in total. The van der Waals surface area contributed by atoms with Crippen LogP contribution in [0.2, 0.25) is 0 Å². The molecule has 0 bridgehead atoms. The zero-order chi connectivity index (χ0) is 13.8. The van der Waals surface area contributed by atoms with Crippen LogP contribution in [0.1, 0.15) is 16.8 Å². The van der Waals surface area contributed by atoms with Crippen LogP contribution in [0, 0.1) is 6.92 Å². The first-order chi connectivity index (χ1) is 9.83. The SMILES string of the molecule is Cc1[nH]ncc1CNCc1ccnc(-n2cccn2)c1. The van der Waals surface area contributed by atoms with E-state index < -0.39 is 0 Å². The van der Waals surface area contributed by atoms with Crippen molar-refractivity contribution in [3.05, 3.63) is 59.8 Å². The highest BCUT2D eigenvalue weighted by molar-refractivity contribution is 5.27. The van der Waals surface area contributed by atoms with Gasteiger partial charge in [0.25, 0.3) is 0 Å². The fourth-order valence-electron chi connectivity index (χ4n) is 2.00. The molecule has 0 saturated carbocycles. The molecule has 3 aromatic heterocycles. The van der Waals surface area contributed by atoms with Crippen molar-refractivity contribution in [1.82, 2.24) is 30.3 Å². The minimum atomic E-state index is 0.779. The van der Waals surface area contributed by atoms with E-state index in [-0.39, 0.29) is 0 Å². The molecule has 3 aromatic rings. The third-order valence-corrected chi connectivity index (χ3v) is 3.13. The van der Waals surface area contributed by atoms with Gasteiger partial charge in [-0.1, -0.05) is 0 Å². The lowest BCUT2D eigenvalue weighted by atomic mass is 10.2. The first kappa shape index (κ1) is 12.6. The Morgan fingerprint density at radius 3 is 3.00 bits per heavy atom. The van der Waals surface area contributed by atoms with Crippen molar-refractivity contribution in [2.24, 2.45) is 0 Å². The van der Waals surface area contributed by atoms with Crippen molar-refractivity contribution < 1.29 is 0 Å². The van der Waals surface area contributed by atoms with Crippen LogP contribution in [-0.4, -0.2) is 25.0 Å². The van der Waals surface area contributed by atoms with E-state index >= 15 is 0 Å². The van der Waals surface area contributed by atoms with Crippen molar-refractivity contribution in [3.8, 4) is 5.82 Å². The van der Waals surface area contributed by atoms with E-state index in [4.69, 9.17) is 0 Å². The number of H-pyrrole nitrogens is 1. The van der Waals surface area contributed by atoms with E-state index in [1.54, 1.807) is 17.1 Å². The first-order valence-electron chi connectivity index (χ1n) is 6.47. The summed E-state index contributed by atoms with van der Waals surface area (Å²) < 4.78 is 1.75. The van der Waals surface area contributed by atoms with E-state index in [1.807, 2.05) is 37.5 Å². The highest BCUT2D eigenvalue weighted by Crippen LogP contribution is 2.07.